The molecule has 120 valence electrons. The van der Waals surface area contributed by atoms with E-state index < -0.39 is 0 Å². The van der Waals surface area contributed by atoms with Gasteiger partial charge in [0, 0.05) is 24.2 Å². The van der Waals surface area contributed by atoms with Gasteiger partial charge in [0.2, 0.25) is 0 Å². The molecular formula is C18H19NO4. The maximum absolute atomic E-state index is 5.71. The van der Waals surface area contributed by atoms with Gasteiger partial charge in [-0.05, 0) is 12.1 Å². The topological polar surface area (TPSA) is 49.0 Å². The highest BCUT2D eigenvalue weighted by Gasteiger charge is 2.24. The van der Waals surface area contributed by atoms with Gasteiger partial charge in [-0.1, -0.05) is 36.4 Å². The molecule has 0 aliphatic carbocycles. The van der Waals surface area contributed by atoms with E-state index in [9.17, 15) is 0 Å². The van der Waals surface area contributed by atoms with Crippen molar-refractivity contribution in [3.8, 4) is 11.5 Å². The number of ether oxygens (including phenoxy) is 4. The molecule has 2 aromatic carbocycles. The number of nitrogens with one attached hydrogen (secondary N) is 1. The number of hydrogen-bond donors (Lipinski definition) is 1. The van der Waals surface area contributed by atoms with Crippen LogP contribution in [0.1, 0.15) is 23.3 Å². The van der Waals surface area contributed by atoms with E-state index in [0.717, 1.165) is 22.6 Å². The van der Waals surface area contributed by atoms with E-state index in [1.165, 1.54) is 0 Å². The van der Waals surface area contributed by atoms with E-state index in [4.69, 9.17) is 18.9 Å². The zero-order chi connectivity index (χ0) is 15.5. The minimum Gasteiger partial charge on any atom is -0.467 e. The van der Waals surface area contributed by atoms with E-state index in [1.54, 1.807) is 0 Å². The second-order valence-corrected chi connectivity index (χ2v) is 5.57. The molecule has 2 heterocycles. The molecule has 0 aromatic heterocycles. The molecule has 2 aliphatic heterocycles. The van der Waals surface area contributed by atoms with E-state index in [1.807, 2.05) is 48.5 Å². The Hall–Kier alpha value is -2.08. The van der Waals surface area contributed by atoms with Gasteiger partial charge in [-0.2, -0.15) is 0 Å². The zero-order valence-corrected chi connectivity index (χ0v) is 12.7. The van der Waals surface area contributed by atoms with E-state index >= 15 is 0 Å². The number of rotatable bonds is 4. The van der Waals surface area contributed by atoms with Gasteiger partial charge in [0.25, 0.3) is 0 Å². The van der Waals surface area contributed by atoms with Crippen LogP contribution >= 0.6 is 0 Å². The third-order valence-corrected chi connectivity index (χ3v) is 4.16. The molecular weight excluding hydrogens is 294 g/mol. The molecule has 2 aromatic rings. The quantitative estimate of drug-likeness (QED) is 0.940. The summed E-state index contributed by atoms with van der Waals surface area (Å²) in [4.78, 5) is 0. The Labute approximate surface area is 135 Å². The van der Waals surface area contributed by atoms with Crippen LogP contribution < -0.4 is 14.8 Å². The second kappa shape index (κ2) is 6.58. The van der Waals surface area contributed by atoms with Crippen molar-refractivity contribution >= 4 is 0 Å². The average Bonchev–Trinajstić information content (AvgIpc) is 2.62. The van der Waals surface area contributed by atoms with Crippen molar-refractivity contribution in [3.05, 3.63) is 59.7 Å². The Balaban J connectivity index is 1.38. The van der Waals surface area contributed by atoms with Crippen LogP contribution in [0.15, 0.2) is 48.5 Å². The van der Waals surface area contributed by atoms with Crippen molar-refractivity contribution in [2.75, 3.05) is 26.7 Å². The number of para-hydroxylation sites is 2. The molecule has 0 amide bonds. The number of benzene rings is 2. The van der Waals surface area contributed by atoms with Crippen molar-refractivity contribution in [1.29, 1.82) is 0 Å². The molecule has 0 saturated heterocycles. The van der Waals surface area contributed by atoms with Gasteiger partial charge >= 0.3 is 0 Å². The van der Waals surface area contributed by atoms with E-state index in [-0.39, 0.29) is 12.2 Å². The van der Waals surface area contributed by atoms with Crippen LogP contribution in [-0.4, -0.2) is 26.7 Å². The van der Waals surface area contributed by atoms with Crippen molar-refractivity contribution in [1.82, 2.24) is 5.32 Å². The van der Waals surface area contributed by atoms with Crippen LogP contribution in [0, 0.1) is 0 Å². The Kier molecular flexibility index (Phi) is 4.15. The van der Waals surface area contributed by atoms with Crippen LogP contribution in [0.25, 0.3) is 0 Å². The molecule has 0 saturated carbocycles. The third-order valence-electron chi connectivity index (χ3n) is 4.16. The highest BCUT2D eigenvalue weighted by molar-refractivity contribution is 5.37. The first-order valence-corrected chi connectivity index (χ1v) is 7.79. The maximum atomic E-state index is 5.71. The second-order valence-electron chi connectivity index (χ2n) is 5.57. The summed E-state index contributed by atoms with van der Waals surface area (Å²) in [5.41, 5.74) is 2.17. The molecule has 5 heteroatoms. The first-order valence-electron chi connectivity index (χ1n) is 7.79. The van der Waals surface area contributed by atoms with Crippen LogP contribution in [-0.2, 0) is 9.47 Å². The fourth-order valence-corrected chi connectivity index (χ4v) is 2.98. The lowest BCUT2D eigenvalue weighted by Crippen LogP contribution is -2.32. The molecule has 0 spiro atoms. The summed E-state index contributed by atoms with van der Waals surface area (Å²) in [5, 5.41) is 3.45. The fraction of sp³-hybridized carbons (Fsp3) is 0.333. The van der Waals surface area contributed by atoms with Crippen LogP contribution in [0.5, 0.6) is 11.5 Å². The Morgan fingerprint density at radius 1 is 0.739 bits per heavy atom. The molecule has 4 rings (SSSR count). The molecule has 0 bridgehead atoms. The number of hydrogen-bond acceptors (Lipinski definition) is 5. The van der Waals surface area contributed by atoms with Gasteiger partial charge < -0.3 is 24.3 Å². The van der Waals surface area contributed by atoms with Gasteiger partial charge in [-0.25, -0.2) is 0 Å². The summed E-state index contributed by atoms with van der Waals surface area (Å²) in [6.07, 6.45) is -0.00920. The van der Waals surface area contributed by atoms with Crippen LogP contribution in [0.4, 0.5) is 0 Å². The summed E-state index contributed by atoms with van der Waals surface area (Å²) in [5.74, 6) is 1.80. The normalized spacial score (nSPS) is 22.4. The fourth-order valence-electron chi connectivity index (χ4n) is 2.98. The minimum absolute atomic E-state index is 0.00460. The Bertz CT molecular complexity index is 618. The largest absolute Gasteiger partial charge is 0.467 e. The van der Waals surface area contributed by atoms with E-state index in [0.29, 0.717) is 26.7 Å². The van der Waals surface area contributed by atoms with Gasteiger partial charge in [0.15, 0.2) is 13.6 Å². The third kappa shape index (κ3) is 3.03. The van der Waals surface area contributed by atoms with Crippen LogP contribution in [0.3, 0.4) is 0 Å². The van der Waals surface area contributed by atoms with Crippen molar-refractivity contribution in [3.63, 3.8) is 0 Å². The van der Waals surface area contributed by atoms with E-state index in [2.05, 4.69) is 5.32 Å². The summed E-state index contributed by atoms with van der Waals surface area (Å²) in [6, 6.07) is 16.0. The predicted octanol–water partition coefficient (Wildman–Crippen LogP) is 2.79. The monoisotopic (exact) mass is 313 g/mol. The van der Waals surface area contributed by atoms with Gasteiger partial charge in [0.1, 0.15) is 23.7 Å². The summed E-state index contributed by atoms with van der Waals surface area (Å²) in [6.45, 7) is 2.01. The summed E-state index contributed by atoms with van der Waals surface area (Å²) >= 11 is 0. The standard InChI is InChI=1S/C18H19NO4/c1-3-7-15-13(5-1)17(22-11-20-15)9-19-10-18-14-6-2-4-8-16(14)21-12-23-18/h1-8,17-19H,9-12H2. The Morgan fingerprint density at radius 3 is 1.74 bits per heavy atom. The molecule has 1 N–H and O–H groups in total. The zero-order valence-electron chi connectivity index (χ0n) is 12.7. The first-order chi connectivity index (χ1) is 11.4. The minimum atomic E-state index is -0.00460. The van der Waals surface area contributed by atoms with Gasteiger partial charge in [-0.3, -0.25) is 0 Å². The van der Waals surface area contributed by atoms with Crippen molar-refractivity contribution in [2.45, 2.75) is 12.2 Å². The summed E-state index contributed by atoms with van der Waals surface area (Å²) in [7, 11) is 0. The first kappa shape index (κ1) is 14.5. The lowest BCUT2D eigenvalue weighted by molar-refractivity contribution is -0.0689. The molecule has 23 heavy (non-hydrogen) atoms. The smallest absolute Gasteiger partial charge is 0.189 e. The molecule has 5 nitrogen and oxygen atoms in total. The SMILES string of the molecule is c1ccc2c(c1)OCOC2CNCC1OCOc2ccccc21. The van der Waals surface area contributed by atoms with Gasteiger partial charge in [0.05, 0.1) is 0 Å². The molecule has 2 unspecified atom stereocenters. The molecule has 2 atom stereocenters. The van der Waals surface area contributed by atoms with Crippen LogP contribution in [0.2, 0.25) is 0 Å². The van der Waals surface area contributed by atoms with Crippen molar-refractivity contribution in [2.24, 2.45) is 0 Å². The van der Waals surface area contributed by atoms with Crippen molar-refractivity contribution < 1.29 is 18.9 Å². The number of fused-ring (bicyclic) bond motifs is 2. The highest BCUT2D eigenvalue weighted by atomic mass is 16.7. The highest BCUT2D eigenvalue weighted by Crippen LogP contribution is 2.33. The average molecular weight is 313 g/mol. The predicted molar refractivity (Wildman–Crippen MR) is 84.4 cm³/mol. The Morgan fingerprint density at radius 2 is 1.22 bits per heavy atom. The molecule has 0 radical (unpaired) electrons. The summed E-state index contributed by atoms with van der Waals surface area (Å²) < 4.78 is 22.4. The molecule has 0 fully saturated rings. The van der Waals surface area contributed by atoms with Gasteiger partial charge in [-0.15, -0.1) is 0 Å². The lowest BCUT2D eigenvalue weighted by Gasteiger charge is -2.29. The lowest BCUT2D eigenvalue weighted by atomic mass is 10.1. The molecule has 2 aliphatic rings. The maximum Gasteiger partial charge on any atom is 0.189 e.